The molecule has 19 heteroatoms. The molecular formula is C109H118B3Br3N4O9-2. The number of carbonyl (C=O) groups is 3. The number of hydrogen-bond donors (Lipinski definition) is 0. The SMILES string of the molecule is C#Cc1ccccc1.CB1OC(C)(C)C(C)(C)O1.CBr.CBr.CC1(C)OB(B2OC(C)(C)C(C)(C)O2)OC1(C)C.CCC(=O)c1ccccc1.Cc1c(-c2ccccc2)nn2c(-c3ccccc3)cc3ccccc3c12.Cc1c(-c2ccccc2)nn2c(-c3ccccc3)cc3ccccc3c12.O=Cc1ccccc1Br.O=Cc1ccccc1C#Cc1ccccc1.[2H-].[2HH].[CH3-]. The minimum absolute atomic E-state index is 0. The van der Waals surface area contributed by atoms with E-state index in [2.05, 4.69) is 274 Å². The molecule has 0 N–H and O–H groups in total. The molecule has 7 heterocycles. The summed E-state index contributed by atoms with van der Waals surface area (Å²) in [5.74, 6) is 12.4. The highest BCUT2D eigenvalue weighted by Gasteiger charge is 2.64. The summed E-state index contributed by atoms with van der Waals surface area (Å²) in [5.41, 5.74) is 16.8. The second-order valence-corrected chi connectivity index (χ2v) is 33.7. The lowest BCUT2D eigenvalue weighted by Crippen LogP contribution is -2.41. The maximum Gasteiger partial charge on any atom is 0.488 e. The number of aryl methyl sites for hydroxylation is 2. The van der Waals surface area contributed by atoms with Gasteiger partial charge in [0.1, 0.15) is 0 Å². The number of aromatic nitrogens is 4. The van der Waals surface area contributed by atoms with Crippen LogP contribution in [0.2, 0.25) is 6.82 Å². The first-order valence-corrected chi connectivity index (χ1v) is 46.1. The van der Waals surface area contributed by atoms with Gasteiger partial charge in [0.2, 0.25) is 0 Å². The highest BCUT2D eigenvalue weighted by molar-refractivity contribution is 9.10. The molecule has 0 aliphatic carbocycles. The fourth-order valence-electron chi connectivity index (χ4n) is 13.9. The van der Waals surface area contributed by atoms with Crippen LogP contribution in [0.4, 0.5) is 0 Å². The number of pyridine rings is 2. The Morgan fingerprint density at radius 1 is 0.414 bits per heavy atom. The van der Waals surface area contributed by atoms with Crippen molar-refractivity contribution in [3.05, 3.63) is 378 Å². The van der Waals surface area contributed by atoms with Crippen LogP contribution in [-0.4, -0.2) is 104 Å². The minimum Gasteiger partial charge on any atom is -1.00 e. The van der Waals surface area contributed by atoms with Gasteiger partial charge in [-0.3, -0.25) is 14.4 Å². The number of carbonyl (C=O) groups excluding carboxylic acids is 3. The number of ketones is 1. The van der Waals surface area contributed by atoms with Gasteiger partial charge in [0.25, 0.3) is 0 Å². The zero-order valence-electron chi connectivity index (χ0n) is 77.9. The van der Waals surface area contributed by atoms with E-state index >= 15 is 0 Å². The Bertz CT molecular complexity index is 5920. The summed E-state index contributed by atoms with van der Waals surface area (Å²) in [4.78, 5) is 32.0. The van der Waals surface area contributed by atoms with Crippen molar-refractivity contribution in [3.8, 4) is 69.2 Å². The molecule has 13 nitrogen and oxygen atoms in total. The zero-order valence-corrected chi connectivity index (χ0v) is 81.6. The molecule has 3 fully saturated rings. The molecule has 3 saturated heterocycles. The number of alkyl halides is 2. The Hall–Kier alpha value is -11.2. The van der Waals surface area contributed by atoms with E-state index in [4.69, 9.17) is 44.5 Å². The van der Waals surface area contributed by atoms with Crippen LogP contribution in [0.5, 0.6) is 0 Å². The first kappa shape index (κ1) is 102. The molecule has 0 radical (unpaired) electrons. The summed E-state index contributed by atoms with van der Waals surface area (Å²) in [6.07, 6.45) is 7.34. The third-order valence-corrected chi connectivity index (χ3v) is 23.4. The van der Waals surface area contributed by atoms with E-state index in [1.54, 1.807) is 12.1 Å². The van der Waals surface area contributed by atoms with E-state index < -0.39 is 14.0 Å². The van der Waals surface area contributed by atoms with E-state index in [9.17, 15) is 14.4 Å². The number of aldehydes is 2. The lowest BCUT2D eigenvalue weighted by Gasteiger charge is -2.32. The highest BCUT2D eigenvalue weighted by Crippen LogP contribution is 2.44. The summed E-state index contributed by atoms with van der Waals surface area (Å²) in [5, 5.41) is 15.0. The van der Waals surface area contributed by atoms with Crippen molar-refractivity contribution in [3.63, 3.8) is 0 Å². The fraction of sp³-hybridized carbons (Fsp3) is 0.229. The Kier molecular flexibility index (Phi) is 38.2. The molecule has 128 heavy (non-hydrogen) atoms. The monoisotopic (exact) mass is 1900 g/mol. The third kappa shape index (κ3) is 26.1. The summed E-state index contributed by atoms with van der Waals surface area (Å²) < 4.78 is 40.0. The van der Waals surface area contributed by atoms with Crippen molar-refractivity contribution in [1.82, 2.24) is 19.2 Å². The Balaban J connectivity index is 0.000000235. The standard InChI is InChI=1S/2C24H18N2.C15H10O.C12H24B2O4.C9H10O.C8H6.C7H15BO2.C7H5BrO.2CH3Br.CH3.H2.H/c2*1-17-23(19-12-6-3-7-13-19)25-26-22(18-10-4-2-5-11-18)16-20-14-8-9-15-21(20)24(17)26;16-12-15-9-5-4-8-14(15)11-10-13-6-2-1-3-7-13;1-9(2)10(3,4)16-13(15-9)14-17-11(5,6)12(7,8)18-14;1-2-9(10)8-6-4-3-5-7-8;1-2-8-6-4-3-5-7-8;1-6(2)7(3,4)10-8(5)9-6;8-7-4-2-1-3-6(7)5-9;2*1-2;;;/h2*2-16H,1H3;1-9,12H;1-8H3;3-7H,2H2,1H3;1,3-7H;1-5H3;1-5H;2*1H3;1H3;1H;/q;;;;;;;;;;-1;;-1/i;;;;;;;;;;;2*1+1. The Labute approximate surface area is 787 Å². The molecule has 0 saturated carbocycles. The summed E-state index contributed by atoms with van der Waals surface area (Å²) in [6, 6.07) is 107. The van der Waals surface area contributed by atoms with Gasteiger partial charge < -0.3 is 36.8 Å². The molecular weight excluding hydrogens is 1780 g/mol. The predicted molar refractivity (Wildman–Crippen MR) is 549 cm³/mol. The van der Waals surface area contributed by atoms with E-state index in [1.165, 1.54) is 54.8 Å². The Morgan fingerprint density at radius 2 is 0.719 bits per heavy atom. The average molecular weight is 1900 g/mol. The molecule has 3 aliphatic rings. The van der Waals surface area contributed by atoms with Crippen LogP contribution in [-0.2, 0) is 27.9 Å². The molecule has 4 aromatic heterocycles. The van der Waals surface area contributed by atoms with Gasteiger partial charge in [0, 0.05) is 89.9 Å². The van der Waals surface area contributed by atoms with Gasteiger partial charge in [0.15, 0.2) is 18.4 Å². The molecule has 11 aromatic carbocycles. The van der Waals surface area contributed by atoms with Gasteiger partial charge in [-0.15, -0.1) is 6.42 Å². The number of Topliss-reactive ketones (excluding diaryl/α,β-unsaturated/α-hetero) is 1. The average Bonchev–Trinajstić information content (AvgIpc) is 1.58. The summed E-state index contributed by atoms with van der Waals surface area (Å²) >= 11 is 9.10. The molecule has 0 atom stereocenters. The second kappa shape index (κ2) is 47.8. The molecule has 0 bridgehead atoms. The van der Waals surface area contributed by atoms with Gasteiger partial charge >= 0.3 is 21.1 Å². The maximum absolute atomic E-state index is 11.0. The van der Waals surface area contributed by atoms with Gasteiger partial charge in [-0.2, -0.15) is 10.2 Å². The molecule has 3 aliphatic heterocycles. The number of halogens is 3. The number of hydrogen-bond acceptors (Lipinski definition) is 11. The van der Waals surface area contributed by atoms with Crippen LogP contribution in [0.3, 0.4) is 0 Å². The molecule has 0 amide bonds. The normalized spacial score (nSPS) is 14.4. The van der Waals surface area contributed by atoms with Crippen LogP contribution < -0.4 is 0 Å². The topological polar surface area (TPSA) is 141 Å². The summed E-state index contributed by atoms with van der Waals surface area (Å²) in [6.45, 7) is 32.6. The first-order valence-electron chi connectivity index (χ1n) is 42.2. The second-order valence-electron chi connectivity index (χ2n) is 32.9. The van der Waals surface area contributed by atoms with Crippen molar-refractivity contribution in [1.29, 1.82) is 0 Å². The van der Waals surface area contributed by atoms with Crippen LogP contribution in [0.1, 0.15) is 158 Å². The minimum atomic E-state index is -0.476. The quantitative estimate of drug-likeness (QED) is 0.0340. The first-order chi connectivity index (χ1) is 60.9. The van der Waals surface area contributed by atoms with Crippen LogP contribution in [0.25, 0.3) is 77.6 Å². The van der Waals surface area contributed by atoms with E-state index in [1.807, 2.05) is 232 Å². The van der Waals surface area contributed by atoms with E-state index in [-0.39, 0.29) is 56.8 Å². The number of nitrogens with zero attached hydrogens (tertiary/aromatic N) is 4. The predicted octanol–water partition coefficient (Wildman–Crippen LogP) is 28.2. The van der Waals surface area contributed by atoms with Crippen LogP contribution in [0.15, 0.2) is 326 Å². The van der Waals surface area contributed by atoms with Crippen molar-refractivity contribution in [2.24, 2.45) is 0 Å². The van der Waals surface area contributed by atoms with Gasteiger partial charge in [-0.25, -0.2) is 9.03 Å². The van der Waals surface area contributed by atoms with E-state index in [0.717, 1.165) is 73.2 Å². The molecule has 0 unspecified atom stereocenters. The van der Waals surface area contributed by atoms with Crippen LogP contribution >= 0.6 is 47.8 Å². The molecule has 15 aromatic rings. The van der Waals surface area contributed by atoms with Crippen molar-refractivity contribution in [2.75, 3.05) is 11.7 Å². The van der Waals surface area contributed by atoms with Crippen molar-refractivity contribution >= 4 is 120 Å². The van der Waals surface area contributed by atoms with Crippen LogP contribution in [0, 0.1) is 45.5 Å². The zero-order chi connectivity index (χ0) is 92.1. The largest absolute Gasteiger partial charge is 1.00 e. The van der Waals surface area contributed by atoms with E-state index in [0.29, 0.717) is 17.5 Å². The number of terminal acetylenes is 1. The molecule has 18 rings (SSSR count). The third-order valence-electron chi connectivity index (χ3n) is 22.7. The van der Waals surface area contributed by atoms with Crippen molar-refractivity contribution in [2.45, 2.75) is 151 Å². The number of fused-ring (bicyclic) bond motifs is 6. The fourth-order valence-corrected chi connectivity index (χ4v) is 14.3. The number of benzene rings is 11. The Morgan fingerprint density at radius 3 is 1.05 bits per heavy atom. The lowest BCUT2D eigenvalue weighted by molar-refractivity contribution is 0.00578. The molecule has 0 spiro atoms. The van der Waals surface area contributed by atoms with Crippen molar-refractivity contribution < 1.29 is 45.2 Å². The number of rotatable bonds is 9. The maximum atomic E-state index is 11.0. The van der Waals surface area contributed by atoms with Gasteiger partial charge in [0.05, 0.1) is 67.4 Å². The van der Waals surface area contributed by atoms with Gasteiger partial charge in [-0.05, 0) is 175 Å². The van der Waals surface area contributed by atoms with Gasteiger partial charge in [-0.1, -0.05) is 345 Å². The lowest BCUT2D eigenvalue weighted by atomic mass is 9.49. The highest BCUT2D eigenvalue weighted by atomic mass is 79.9. The molecule has 660 valence electrons. The summed E-state index contributed by atoms with van der Waals surface area (Å²) in [7, 11) is -1.02. The smallest absolute Gasteiger partial charge is 0.488 e.